The lowest BCUT2D eigenvalue weighted by atomic mass is 10.1. The monoisotopic (exact) mass is 333 g/mol. The third-order valence-electron chi connectivity index (χ3n) is 3.60. The largest absolute Gasteiger partial charge is 0.454 e. The summed E-state index contributed by atoms with van der Waals surface area (Å²) < 4.78 is 37.3. The van der Waals surface area contributed by atoms with Crippen molar-refractivity contribution in [3.63, 3.8) is 0 Å². The van der Waals surface area contributed by atoms with Crippen molar-refractivity contribution in [1.29, 1.82) is 0 Å². The standard InChI is InChI=1S/C17H19NO4S/c19-23(20,12-15-5-2-1-3-6-15)18-10-4-7-14-8-9-16-17(11-14)22-13-21-16/h1-3,5-6,8-9,11,18H,4,7,10,12-13H2. The minimum atomic E-state index is -3.29. The highest BCUT2D eigenvalue weighted by atomic mass is 32.2. The Morgan fingerprint density at radius 2 is 1.74 bits per heavy atom. The topological polar surface area (TPSA) is 64.6 Å². The molecule has 2 aromatic carbocycles. The van der Waals surface area contributed by atoms with Gasteiger partial charge >= 0.3 is 0 Å². The smallest absolute Gasteiger partial charge is 0.231 e. The summed E-state index contributed by atoms with van der Waals surface area (Å²) in [5.74, 6) is 1.53. The molecule has 23 heavy (non-hydrogen) atoms. The maximum atomic E-state index is 12.0. The summed E-state index contributed by atoms with van der Waals surface area (Å²) in [4.78, 5) is 0. The van der Waals surface area contributed by atoms with Crippen LogP contribution in [0.25, 0.3) is 0 Å². The Labute approximate surface area is 136 Å². The summed E-state index contributed by atoms with van der Waals surface area (Å²) in [6, 6.07) is 15.0. The van der Waals surface area contributed by atoms with E-state index in [4.69, 9.17) is 9.47 Å². The Balaban J connectivity index is 1.46. The zero-order valence-corrected chi connectivity index (χ0v) is 13.5. The Morgan fingerprint density at radius 1 is 0.957 bits per heavy atom. The van der Waals surface area contributed by atoms with Gasteiger partial charge in [0.25, 0.3) is 0 Å². The van der Waals surface area contributed by atoms with E-state index in [2.05, 4.69) is 4.72 Å². The molecule has 1 heterocycles. The lowest BCUT2D eigenvalue weighted by Gasteiger charge is -2.07. The molecule has 1 aliphatic rings. The van der Waals surface area contributed by atoms with E-state index in [1.165, 1.54) is 0 Å². The second kappa shape index (κ2) is 7.02. The van der Waals surface area contributed by atoms with Crippen LogP contribution in [-0.2, 0) is 22.2 Å². The number of nitrogens with one attached hydrogen (secondary N) is 1. The molecule has 2 aromatic rings. The van der Waals surface area contributed by atoms with Crippen molar-refractivity contribution in [2.45, 2.75) is 18.6 Å². The number of sulfonamides is 1. The number of hydrogen-bond donors (Lipinski definition) is 1. The molecule has 1 aliphatic heterocycles. The molecule has 0 atom stereocenters. The van der Waals surface area contributed by atoms with Crippen LogP contribution >= 0.6 is 0 Å². The zero-order chi connectivity index (χ0) is 16.1. The first-order chi connectivity index (χ1) is 11.1. The van der Waals surface area contributed by atoms with Crippen LogP contribution in [0.4, 0.5) is 0 Å². The maximum absolute atomic E-state index is 12.0. The number of fused-ring (bicyclic) bond motifs is 1. The third-order valence-corrected chi connectivity index (χ3v) is 4.96. The Bertz CT molecular complexity index is 759. The van der Waals surface area contributed by atoms with Crippen molar-refractivity contribution >= 4 is 10.0 Å². The number of ether oxygens (including phenoxy) is 2. The van der Waals surface area contributed by atoms with Crippen molar-refractivity contribution in [1.82, 2.24) is 4.72 Å². The van der Waals surface area contributed by atoms with Crippen LogP contribution in [0.1, 0.15) is 17.5 Å². The highest BCUT2D eigenvalue weighted by molar-refractivity contribution is 7.88. The maximum Gasteiger partial charge on any atom is 0.231 e. The summed E-state index contributed by atoms with van der Waals surface area (Å²) in [7, 11) is -3.29. The van der Waals surface area contributed by atoms with Crippen LogP contribution in [-0.4, -0.2) is 21.8 Å². The van der Waals surface area contributed by atoms with Crippen LogP contribution in [0, 0.1) is 0 Å². The first-order valence-electron chi connectivity index (χ1n) is 7.52. The van der Waals surface area contributed by atoms with E-state index in [0.29, 0.717) is 6.54 Å². The fourth-order valence-corrected chi connectivity index (χ4v) is 3.65. The predicted molar refractivity (Wildman–Crippen MR) is 88.0 cm³/mol. The van der Waals surface area contributed by atoms with E-state index in [-0.39, 0.29) is 12.5 Å². The van der Waals surface area contributed by atoms with Gasteiger partial charge in [-0.15, -0.1) is 0 Å². The van der Waals surface area contributed by atoms with Crippen molar-refractivity contribution in [3.8, 4) is 11.5 Å². The normalized spacial score (nSPS) is 13.2. The summed E-state index contributed by atoms with van der Waals surface area (Å²) in [5, 5.41) is 0. The summed E-state index contributed by atoms with van der Waals surface area (Å²) in [6.45, 7) is 0.682. The molecule has 1 N–H and O–H groups in total. The van der Waals surface area contributed by atoms with Crippen molar-refractivity contribution < 1.29 is 17.9 Å². The average molecular weight is 333 g/mol. The van der Waals surface area contributed by atoms with E-state index in [1.807, 2.05) is 48.5 Å². The minimum absolute atomic E-state index is 0.0118. The molecule has 0 spiro atoms. The van der Waals surface area contributed by atoms with Crippen molar-refractivity contribution in [2.24, 2.45) is 0 Å². The molecule has 122 valence electrons. The average Bonchev–Trinajstić information content (AvgIpc) is 3.00. The van der Waals surface area contributed by atoms with Gasteiger partial charge in [0.2, 0.25) is 16.8 Å². The first kappa shape index (κ1) is 15.8. The van der Waals surface area contributed by atoms with Crippen LogP contribution in [0.2, 0.25) is 0 Å². The Morgan fingerprint density at radius 3 is 2.57 bits per heavy atom. The lowest BCUT2D eigenvalue weighted by molar-refractivity contribution is 0.174. The van der Waals surface area contributed by atoms with Crippen LogP contribution in [0.5, 0.6) is 11.5 Å². The second-order valence-electron chi connectivity index (χ2n) is 5.43. The fraction of sp³-hybridized carbons (Fsp3) is 0.294. The van der Waals surface area contributed by atoms with Gasteiger partial charge in [0.15, 0.2) is 11.5 Å². The van der Waals surface area contributed by atoms with Crippen molar-refractivity contribution in [3.05, 3.63) is 59.7 Å². The molecule has 0 fully saturated rings. The SMILES string of the molecule is O=S(=O)(Cc1ccccc1)NCCCc1ccc2c(c1)OCO2. The molecule has 0 amide bonds. The van der Waals surface area contributed by atoms with Gasteiger partial charge in [-0.05, 0) is 36.1 Å². The molecule has 3 rings (SSSR count). The van der Waals surface area contributed by atoms with Crippen LogP contribution < -0.4 is 14.2 Å². The van der Waals surface area contributed by atoms with E-state index >= 15 is 0 Å². The molecular formula is C17H19NO4S. The van der Waals surface area contributed by atoms with Crippen molar-refractivity contribution in [2.75, 3.05) is 13.3 Å². The quantitative estimate of drug-likeness (QED) is 0.791. The highest BCUT2D eigenvalue weighted by Crippen LogP contribution is 2.32. The van der Waals surface area contributed by atoms with Gasteiger partial charge < -0.3 is 9.47 Å². The molecule has 0 aromatic heterocycles. The van der Waals surface area contributed by atoms with Gasteiger partial charge in [-0.1, -0.05) is 36.4 Å². The van der Waals surface area contributed by atoms with Gasteiger partial charge in [0.05, 0.1) is 5.75 Å². The molecular weight excluding hydrogens is 314 g/mol. The number of benzene rings is 2. The molecule has 0 saturated heterocycles. The molecule has 0 radical (unpaired) electrons. The third kappa shape index (κ3) is 4.46. The minimum Gasteiger partial charge on any atom is -0.454 e. The van der Waals surface area contributed by atoms with E-state index < -0.39 is 10.0 Å². The summed E-state index contributed by atoms with van der Waals surface area (Å²) in [5.41, 5.74) is 1.90. The number of rotatable bonds is 7. The summed E-state index contributed by atoms with van der Waals surface area (Å²) in [6.07, 6.45) is 1.51. The highest BCUT2D eigenvalue weighted by Gasteiger charge is 2.13. The van der Waals surface area contributed by atoms with Crippen LogP contribution in [0.15, 0.2) is 48.5 Å². The molecule has 5 nitrogen and oxygen atoms in total. The fourth-order valence-electron chi connectivity index (χ4n) is 2.46. The molecule has 0 aliphatic carbocycles. The second-order valence-corrected chi connectivity index (χ2v) is 7.24. The number of aryl methyl sites for hydroxylation is 1. The Hall–Kier alpha value is -2.05. The van der Waals surface area contributed by atoms with E-state index in [0.717, 1.165) is 35.5 Å². The van der Waals surface area contributed by atoms with Gasteiger partial charge in [0, 0.05) is 6.54 Å². The van der Waals surface area contributed by atoms with Gasteiger partial charge in [0.1, 0.15) is 0 Å². The molecule has 0 bridgehead atoms. The molecule has 0 unspecified atom stereocenters. The van der Waals surface area contributed by atoms with Gasteiger partial charge in [-0.3, -0.25) is 0 Å². The van der Waals surface area contributed by atoms with Gasteiger partial charge in [-0.2, -0.15) is 0 Å². The van der Waals surface area contributed by atoms with E-state index in [1.54, 1.807) is 0 Å². The molecule has 6 heteroatoms. The zero-order valence-electron chi connectivity index (χ0n) is 12.7. The Kier molecular flexibility index (Phi) is 4.83. The van der Waals surface area contributed by atoms with Crippen LogP contribution in [0.3, 0.4) is 0 Å². The molecule has 0 saturated carbocycles. The van der Waals surface area contributed by atoms with E-state index in [9.17, 15) is 8.42 Å². The summed E-state index contributed by atoms with van der Waals surface area (Å²) >= 11 is 0. The number of hydrogen-bond acceptors (Lipinski definition) is 4. The first-order valence-corrected chi connectivity index (χ1v) is 9.17. The predicted octanol–water partition coefficient (Wildman–Crippen LogP) is 2.47. The lowest BCUT2D eigenvalue weighted by Crippen LogP contribution is -2.26. The van der Waals surface area contributed by atoms with Gasteiger partial charge in [-0.25, -0.2) is 13.1 Å².